The summed E-state index contributed by atoms with van der Waals surface area (Å²) in [6.45, 7) is 4.05. The number of nitrogens with zero attached hydrogens (tertiary/aromatic N) is 4. The van der Waals surface area contributed by atoms with Crippen LogP contribution in [0.25, 0.3) is 11.1 Å². The molecule has 274 valence electrons. The summed E-state index contributed by atoms with van der Waals surface area (Å²) in [6.07, 6.45) is 0.623. The van der Waals surface area contributed by atoms with Crippen molar-refractivity contribution in [2.75, 3.05) is 26.7 Å². The highest BCUT2D eigenvalue weighted by atomic mass is 32.1. The number of rotatable bonds is 5. The average molecular weight is 741 g/mol. The van der Waals surface area contributed by atoms with E-state index in [4.69, 9.17) is 13.9 Å². The van der Waals surface area contributed by atoms with Gasteiger partial charge in [-0.3, -0.25) is 19.2 Å². The number of benzene rings is 3. The van der Waals surface area contributed by atoms with Gasteiger partial charge in [0, 0.05) is 55.2 Å². The van der Waals surface area contributed by atoms with Gasteiger partial charge in [-0.15, -0.1) is 11.3 Å². The van der Waals surface area contributed by atoms with Gasteiger partial charge in [0.1, 0.15) is 27.8 Å². The molecule has 1 saturated heterocycles. The fraction of sp³-hybridized carbons (Fsp3) is 0.316. The van der Waals surface area contributed by atoms with E-state index in [1.807, 2.05) is 12.3 Å². The molecule has 0 aliphatic carbocycles. The highest BCUT2D eigenvalue weighted by Gasteiger charge is 2.34. The maximum absolute atomic E-state index is 14.9. The summed E-state index contributed by atoms with van der Waals surface area (Å²) in [6, 6.07) is 12.9. The van der Waals surface area contributed by atoms with Gasteiger partial charge >= 0.3 is 0 Å². The molecule has 3 aromatic carbocycles. The molecule has 2 N–H and O–H groups in total. The lowest BCUT2D eigenvalue weighted by molar-refractivity contribution is -0.124. The van der Waals surface area contributed by atoms with E-state index < -0.39 is 35.7 Å². The van der Waals surface area contributed by atoms with Gasteiger partial charge in [-0.1, -0.05) is 6.92 Å². The third kappa shape index (κ3) is 8.21. The fourth-order valence-electron chi connectivity index (χ4n) is 6.43. The third-order valence-electron chi connectivity index (χ3n) is 9.06. The Morgan fingerprint density at radius 1 is 1.06 bits per heavy atom. The first-order chi connectivity index (χ1) is 25.5. The number of halogens is 1. The van der Waals surface area contributed by atoms with Gasteiger partial charge in [-0.2, -0.15) is 0 Å². The number of thiazole rings is 1. The van der Waals surface area contributed by atoms with Gasteiger partial charge in [-0.25, -0.2) is 14.4 Å². The zero-order valence-corrected chi connectivity index (χ0v) is 30.1. The lowest BCUT2D eigenvalue weighted by Gasteiger charge is -2.39. The summed E-state index contributed by atoms with van der Waals surface area (Å²) >= 11 is 1.44. The van der Waals surface area contributed by atoms with Crippen molar-refractivity contribution in [3.63, 3.8) is 0 Å². The van der Waals surface area contributed by atoms with E-state index in [2.05, 4.69) is 20.6 Å². The molecule has 0 radical (unpaired) electrons. The number of fused-ring (bicyclic) bond motifs is 6. The molecule has 0 unspecified atom stereocenters. The maximum atomic E-state index is 14.9. The lowest BCUT2D eigenvalue weighted by Crippen LogP contribution is -2.58. The first-order valence-corrected chi connectivity index (χ1v) is 18.1. The first kappa shape index (κ1) is 35.7. The number of aromatic nitrogens is 2. The van der Waals surface area contributed by atoms with Gasteiger partial charge in [-0.05, 0) is 66.9 Å². The Labute approximate surface area is 308 Å². The second kappa shape index (κ2) is 15.1. The standard InChI is InChI=1S/C38H37FN6O7S/c1-4-27-20-53-35(42-27)16-40-36(47)24-11-25-13-29(12-24)52-28-10-22(9-26(39)15-28)19-50-32-7-8-45(17-31(32)43-34(46)18-44(3)37(25)48)38(49)23-5-6-30-33(14-23)51-21(2)41-30/h5-6,9-15,20,31-32H,4,7-8,16-19H2,1-3H3,(H,40,47)(H,43,46)/t31-,32+/m1/s1. The highest BCUT2D eigenvalue weighted by molar-refractivity contribution is 7.09. The maximum Gasteiger partial charge on any atom is 0.254 e. The second-order valence-corrected chi connectivity index (χ2v) is 14.0. The van der Waals surface area contributed by atoms with Crippen LogP contribution in [0.1, 0.15) is 66.6 Å². The van der Waals surface area contributed by atoms with Crippen molar-refractivity contribution in [1.29, 1.82) is 0 Å². The van der Waals surface area contributed by atoms with Gasteiger partial charge in [0.05, 0.1) is 37.5 Å². The Morgan fingerprint density at radius 3 is 2.70 bits per heavy atom. The SMILES string of the molecule is CCc1csc(CNC(=O)c2cc3cc(c2)C(=O)N(C)CC(=O)N[C@@H]2CN(C(=O)c4ccc5nc(C)oc5c4)CC[C@@H]2OCc2cc(F)cc(c2)O3)n1. The van der Waals surface area contributed by atoms with Crippen molar-refractivity contribution < 1.29 is 37.5 Å². The molecule has 5 aromatic rings. The summed E-state index contributed by atoms with van der Waals surface area (Å²) in [7, 11) is 1.47. The number of aryl methyl sites for hydroxylation is 2. The number of hydrogen-bond acceptors (Lipinski definition) is 10. The average Bonchev–Trinajstić information content (AvgIpc) is 3.76. The minimum absolute atomic E-state index is 0.0107. The van der Waals surface area contributed by atoms with E-state index in [0.29, 0.717) is 41.1 Å². The molecule has 4 amide bonds. The van der Waals surface area contributed by atoms with E-state index in [1.54, 1.807) is 36.1 Å². The number of piperidine rings is 1. The Kier molecular flexibility index (Phi) is 10.2. The highest BCUT2D eigenvalue weighted by Crippen LogP contribution is 2.28. The molecule has 4 heterocycles. The minimum atomic E-state index is -0.651. The number of likely N-dealkylation sites (tertiary alicyclic amines) is 1. The molecule has 0 spiro atoms. The van der Waals surface area contributed by atoms with Crippen LogP contribution in [0.4, 0.5) is 4.39 Å². The summed E-state index contributed by atoms with van der Waals surface area (Å²) in [4.78, 5) is 65.8. The van der Waals surface area contributed by atoms with Crippen LogP contribution >= 0.6 is 11.3 Å². The molecule has 0 saturated carbocycles. The van der Waals surface area contributed by atoms with Crippen molar-refractivity contribution in [3.8, 4) is 11.5 Å². The van der Waals surface area contributed by atoms with Crippen LogP contribution in [-0.4, -0.2) is 82.2 Å². The van der Waals surface area contributed by atoms with Crippen molar-refractivity contribution in [2.45, 2.75) is 52.0 Å². The zero-order valence-electron chi connectivity index (χ0n) is 29.3. The van der Waals surface area contributed by atoms with Crippen LogP contribution in [0, 0.1) is 12.7 Å². The molecular weight excluding hydrogens is 704 g/mol. The molecule has 2 aliphatic heterocycles. The summed E-state index contributed by atoms with van der Waals surface area (Å²) in [5.74, 6) is -1.58. The van der Waals surface area contributed by atoms with Gasteiger partial charge < -0.3 is 34.3 Å². The molecule has 2 atom stereocenters. The quantitative estimate of drug-likeness (QED) is 0.253. The van der Waals surface area contributed by atoms with Gasteiger partial charge in [0.2, 0.25) is 5.91 Å². The van der Waals surface area contributed by atoms with Gasteiger partial charge in [0.15, 0.2) is 11.5 Å². The zero-order chi connectivity index (χ0) is 37.2. The number of ether oxygens (including phenoxy) is 2. The second-order valence-electron chi connectivity index (χ2n) is 13.1. The van der Waals surface area contributed by atoms with Crippen LogP contribution in [0.15, 0.2) is 64.4 Å². The van der Waals surface area contributed by atoms with E-state index >= 15 is 0 Å². The van der Waals surface area contributed by atoms with E-state index in [0.717, 1.165) is 17.1 Å². The predicted molar refractivity (Wildman–Crippen MR) is 192 cm³/mol. The number of carbonyl (C=O) groups is 4. The van der Waals surface area contributed by atoms with Crippen LogP contribution in [0.3, 0.4) is 0 Å². The topological polar surface area (TPSA) is 156 Å². The van der Waals surface area contributed by atoms with Crippen molar-refractivity contribution in [2.24, 2.45) is 0 Å². The van der Waals surface area contributed by atoms with E-state index in [-0.39, 0.29) is 54.8 Å². The number of hydrogen-bond donors (Lipinski definition) is 2. The molecule has 2 aliphatic rings. The Morgan fingerprint density at radius 2 is 1.89 bits per heavy atom. The van der Waals surface area contributed by atoms with E-state index in [1.165, 1.54) is 53.6 Å². The van der Waals surface area contributed by atoms with Crippen LogP contribution in [0.2, 0.25) is 0 Å². The Hall–Kier alpha value is -5.67. The van der Waals surface area contributed by atoms with Crippen molar-refractivity contribution in [1.82, 2.24) is 30.4 Å². The molecule has 4 bridgehead atoms. The molecular formula is C38H37FN6O7S. The molecule has 13 nitrogen and oxygen atoms in total. The summed E-state index contributed by atoms with van der Waals surface area (Å²) < 4.78 is 32.9. The number of oxazole rings is 1. The molecule has 2 aromatic heterocycles. The monoisotopic (exact) mass is 740 g/mol. The lowest BCUT2D eigenvalue weighted by atomic mass is 10.00. The van der Waals surface area contributed by atoms with Crippen LogP contribution in [0.5, 0.6) is 11.5 Å². The molecule has 1 fully saturated rings. The van der Waals surface area contributed by atoms with Crippen molar-refractivity contribution >= 4 is 46.1 Å². The fourth-order valence-corrected chi connectivity index (χ4v) is 7.25. The number of likely N-dealkylation sites (N-methyl/N-ethyl adjacent to an activating group) is 1. The van der Waals surface area contributed by atoms with Gasteiger partial charge in [0.25, 0.3) is 17.7 Å². The smallest absolute Gasteiger partial charge is 0.254 e. The van der Waals surface area contributed by atoms with Crippen molar-refractivity contribution in [3.05, 3.63) is 105 Å². The minimum Gasteiger partial charge on any atom is -0.457 e. The third-order valence-corrected chi connectivity index (χ3v) is 9.96. The first-order valence-electron chi connectivity index (χ1n) is 17.2. The molecule has 15 heteroatoms. The summed E-state index contributed by atoms with van der Waals surface area (Å²) in [5.41, 5.74) is 3.16. The molecule has 53 heavy (non-hydrogen) atoms. The van der Waals surface area contributed by atoms with Crippen LogP contribution < -0.4 is 15.4 Å². The van der Waals surface area contributed by atoms with E-state index in [9.17, 15) is 23.6 Å². The largest absolute Gasteiger partial charge is 0.457 e. The number of nitrogens with one attached hydrogen (secondary N) is 2. The normalized spacial score (nSPS) is 18.0. The number of amides is 4. The Balaban J connectivity index is 1.14. The Bertz CT molecular complexity index is 2220. The predicted octanol–water partition coefficient (Wildman–Crippen LogP) is 5.02. The summed E-state index contributed by atoms with van der Waals surface area (Å²) in [5, 5.41) is 8.46. The molecule has 7 rings (SSSR count). The van der Waals surface area contributed by atoms with Crippen LogP contribution in [-0.2, 0) is 29.1 Å². The number of carbonyl (C=O) groups excluding carboxylic acids is 4.